The maximum Gasteiger partial charge on any atom is 0.347 e. The number of hydrogen-bond acceptors (Lipinski definition) is 8. The van der Waals surface area contributed by atoms with Crippen LogP contribution < -0.4 is 4.74 Å². The smallest absolute Gasteiger partial charge is 0.347 e. The van der Waals surface area contributed by atoms with Crippen LogP contribution in [-0.4, -0.2) is 33.6 Å². The number of carbonyl (C=O) groups excluding carboxylic acids is 1. The zero-order valence-electron chi connectivity index (χ0n) is 24.3. The molecule has 2 aromatic heterocycles. The van der Waals surface area contributed by atoms with Crippen molar-refractivity contribution in [2.75, 3.05) is 6.61 Å². The number of para-hydroxylation sites is 1. The Hall–Kier alpha value is -3.98. The predicted molar refractivity (Wildman–Crippen MR) is 177 cm³/mol. The van der Waals surface area contributed by atoms with Crippen LogP contribution in [0.1, 0.15) is 63.4 Å². The fourth-order valence-corrected chi connectivity index (χ4v) is 6.37. The van der Waals surface area contributed by atoms with Gasteiger partial charge in [-0.15, -0.1) is 11.3 Å². The first kappa shape index (κ1) is 32.9. The van der Waals surface area contributed by atoms with Gasteiger partial charge in [0.25, 0.3) is 0 Å². The molecule has 0 bridgehead atoms. The van der Waals surface area contributed by atoms with Crippen LogP contribution in [-0.2, 0) is 6.42 Å². The maximum atomic E-state index is 12.9. The molecule has 2 heterocycles. The van der Waals surface area contributed by atoms with Crippen LogP contribution in [0.2, 0.25) is 0 Å². The van der Waals surface area contributed by atoms with Crippen molar-refractivity contribution < 1.29 is 29.0 Å². The van der Waals surface area contributed by atoms with Gasteiger partial charge in [0.1, 0.15) is 38.8 Å². The third kappa shape index (κ3) is 7.21. The normalized spacial score (nSPS) is 10.8. The Bertz CT molecular complexity index is 1880. The number of halogens is 2. The highest BCUT2D eigenvalue weighted by Gasteiger charge is 2.22. The number of aryl methyl sites for hydroxylation is 2. The van der Waals surface area contributed by atoms with E-state index in [1.165, 1.54) is 0 Å². The van der Waals surface area contributed by atoms with E-state index in [0.29, 0.717) is 77.9 Å². The van der Waals surface area contributed by atoms with Gasteiger partial charge in [-0.1, -0.05) is 39.0 Å². The van der Waals surface area contributed by atoms with E-state index in [4.69, 9.17) is 14.3 Å². The molecule has 44 heavy (non-hydrogen) atoms. The van der Waals surface area contributed by atoms with E-state index in [1.807, 2.05) is 45.0 Å². The van der Waals surface area contributed by atoms with Crippen LogP contribution in [0.15, 0.2) is 68.0 Å². The minimum atomic E-state index is -0.987. The average Bonchev–Trinajstić information content (AvgIpc) is 3.59. The quantitative estimate of drug-likeness (QED) is 0.151. The van der Waals surface area contributed by atoms with Gasteiger partial charge < -0.3 is 19.4 Å². The summed E-state index contributed by atoms with van der Waals surface area (Å²) in [6.07, 6.45) is 0.635. The second kappa shape index (κ2) is 14.2. The van der Waals surface area contributed by atoms with Crippen molar-refractivity contribution in [3.05, 3.63) is 96.6 Å². The zero-order chi connectivity index (χ0) is 32.1. The minimum Gasteiger partial charge on any atom is -0.506 e. The Kier molecular flexibility index (Phi) is 10.6. The number of carboxylic acid groups (broad SMARTS) is 1. The Morgan fingerprint density at radius 1 is 1.11 bits per heavy atom. The summed E-state index contributed by atoms with van der Waals surface area (Å²) in [5.74, 6) is 0.537. The molecule has 0 atom stereocenters. The van der Waals surface area contributed by atoms with E-state index < -0.39 is 5.97 Å². The standard InChI is InChI=1S/C17H12Br2O3.C16H16N2O3S/c1-2-13-15(10-5-3-4-6-14(10)22-13)16(20)9-7-11(18)17(21)12(19)8-9;1-9(2)8-21-13-5-4-11(6-12(13)7-17)15-18-10(3)14(22-15)16(19)20/h3-8,21H,2H2,1H3;4-6,9H,8H2,1-3H3,(H,19,20). The molecule has 0 unspecified atom stereocenters. The number of hydrogen-bond donors (Lipinski definition) is 2. The van der Waals surface area contributed by atoms with E-state index in [2.05, 4.69) is 42.9 Å². The van der Waals surface area contributed by atoms with E-state index >= 15 is 0 Å². The SMILES string of the molecule is CCc1oc2ccccc2c1C(=O)c1cc(Br)c(O)c(Br)c1.Cc1nc(-c2ccc(OCC(C)C)c(C#N)c2)sc1C(=O)O. The fourth-order valence-electron chi connectivity index (χ4n) is 4.29. The Morgan fingerprint density at radius 3 is 2.39 bits per heavy atom. The van der Waals surface area contributed by atoms with Gasteiger partial charge in [0.05, 0.1) is 32.4 Å². The first-order valence-electron chi connectivity index (χ1n) is 13.6. The molecule has 2 N–H and O–H groups in total. The van der Waals surface area contributed by atoms with Crippen LogP contribution in [0.25, 0.3) is 21.5 Å². The number of thiazole rings is 1. The minimum absolute atomic E-state index is 0.0734. The second-order valence-corrected chi connectivity index (χ2v) is 12.8. The lowest BCUT2D eigenvalue weighted by Crippen LogP contribution is -2.05. The third-order valence-electron chi connectivity index (χ3n) is 6.41. The molecule has 0 fully saturated rings. The lowest BCUT2D eigenvalue weighted by molar-refractivity contribution is 0.0701. The lowest BCUT2D eigenvalue weighted by Gasteiger charge is -2.10. The van der Waals surface area contributed by atoms with Crippen molar-refractivity contribution in [1.29, 1.82) is 5.26 Å². The highest BCUT2D eigenvalue weighted by atomic mass is 79.9. The van der Waals surface area contributed by atoms with Crippen LogP contribution in [0.3, 0.4) is 0 Å². The number of aromatic nitrogens is 1. The molecule has 5 rings (SSSR count). The molecule has 0 radical (unpaired) electrons. The van der Waals surface area contributed by atoms with Crippen LogP contribution >= 0.6 is 43.2 Å². The Morgan fingerprint density at radius 2 is 1.80 bits per heavy atom. The first-order chi connectivity index (χ1) is 20.9. The summed E-state index contributed by atoms with van der Waals surface area (Å²) in [5, 5.41) is 29.5. The molecule has 0 saturated heterocycles. The molecular weight excluding hydrogens is 712 g/mol. The van der Waals surface area contributed by atoms with Gasteiger partial charge in [-0.2, -0.15) is 5.26 Å². The highest BCUT2D eigenvalue weighted by Crippen LogP contribution is 2.36. The van der Waals surface area contributed by atoms with Crippen molar-refractivity contribution in [2.24, 2.45) is 5.92 Å². The maximum absolute atomic E-state index is 12.9. The summed E-state index contributed by atoms with van der Waals surface area (Å²) < 4.78 is 12.3. The number of aromatic carboxylic acids is 1. The summed E-state index contributed by atoms with van der Waals surface area (Å²) in [5.41, 5.74) is 3.39. The average molecular weight is 740 g/mol. The molecular formula is C33H28Br2N2O6S. The van der Waals surface area contributed by atoms with Crippen molar-refractivity contribution in [1.82, 2.24) is 4.98 Å². The van der Waals surface area contributed by atoms with E-state index in [1.54, 1.807) is 37.3 Å². The predicted octanol–water partition coefficient (Wildman–Crippen LogP) is 9.18. The molecule has 0 aliphatic carbocycles. The number of nitrogens with zero attached hydrogens (tertiary/aromatic N) is 2. The number of rotatable bonds is 8. The van der Waals surface area contributed by atoms with Crippen LogP contribution in [0.5, 0.6) is 11.5 Å². The summed E-state index contributed by atoms with van der Waals surface area (Å²) in [6, 6.07) is 18.0. The number of fused-ring (bicyclic) bond motifs is 1. The van der Waals surface area contributed by atoms with Crippen molar-refractivity contribution >= 4 is 65.9 Å². The number of phenols is 1. The van der Waals surface area contributed by atoms with Crippen LogP contribution in [0.4, 0.5) is 0 Å². The molecule has 3 aromatic carbocycles. The van der Waals surface area contributed by atoms with Crippen molar-refractivity contribution in [3.63, 3.8) is 0 Å². The number of nitriles is 1. The zero-order valence-corrected chi connectivity index (χ0v) is 28.3. The molecule has 0 saturated carbocycles. The van der Waals surface area contributed by atoms with Gasteiger partial charge >= 0.3 is 5.97 Å². The summed E-state index contributed by atoms with van der Waals surface area (Å²) in [7, 11) is 0. The summed E-state index contributed by atoms with van der Waals surface area (Å²) in [4.78, 5) is 28.5. The first-order valence-corrected chi connectivity index (χ1v) is 16.0. The molecule has 8 nitrogen and oxygen atoms in total. The molecule has 0 spiro atoms. The third-order valence-corrected chi connectivity index (χ3v) is 8.81. The number of ether oxygens (including phenoxy) is 1. The number of benzene rings is 3. The van der Waals surface area contributed by atoms with Gasteiger partial charge in [0.2, 0.25) is 0 Å². The molecule has 5 aromatic rings. The second-order valence-electron chi connectivity index (χ2n) is 10.1. The largest absolute Gasteiger partial charge is 0.506 e. The highest BCUT2D eigenvalue weighted by molar-refractivity contribution is 9.11. The monoisotopic (exact) mass is 738 g/mol. The van der Waals surface area contributed by atoms with E-state index in [-0.39, 0.29) is 16.4 Å². The number of carbonyl (C=O) groups is 2. The lowest BCUT2D eigenvalue weighted by atomic mass is 9.99. The number of phenolic OH excluding ortho intramolecular Hbond substituents is 1. The van der Waals surface area contributed by atoms with Gasteiger partial charge in [0.15, 0.2) is 5.78 Å². The fraction of sp³-hybridized carbons (Fsp3) is 0.212. The number of aromatic hydroxyl groups is 1. The Labute approximate surface area is 275 Å². The number of carboxylic acids is 1. The van der Waals surface area contributed by atoms with Crippen molar-refractivity contribution in [2.45, 2.75) is 34.1 Å². The summed E-state index contributed by atoms with van der Waals surface area (Å²) >= 11 is 7.62. The van der Waals surface area contributed by atoms with Crippen LogP contribution in [0, 0.1) is 24.2 Å². The molecule has 0 aliphatic rings. The van der Waals surface area contributed by atoms with Gasteiger partial charge in [-0.3, -0.25) is 4.79 Å². The van der Waals surface area contributed by atoms with Gasteiger partial charge in [-0.05, 0) is 81.1 Å². The molecule has 0 aliphatic heterocycles. The van der Waals surface area contributed by atoms with Crippen molar-refractivity contribution in [3.8, 4) is 28.1 Å². The summed E-state index contributed by atoms with van der Waals surface area (Å²) in [6.45, 7) is 8.22. The van der Waals surface area contributed by atoms with E-state index in [9.17, 15) is 20.0 Å². The van der Waals surface area contributed by atoms with Gasteiger partial charge in [-0.25, -0.2) is 9.78 Å². The Balaban J connectivity index is 0.000000201. The molecule has 0 amide bonds. The van der Waals surface area contributed by atoms with Gasteiger partial charge in [0, 0.05) is 22.9 Å². The molecule has 11 heteroatoms. The molecule has 226 valence electrons. The number of ketones is 1. The van der Waals surface area contributed by atoms with E-state index in [0.717, 1.165) is 16.7 Å². The topological polar surface area (TPSA) is 134 Å². The number of furan rings is 1.